The summed E-state index contributed by atoms with van der Waals surface area (Å²) in [6.07, 6.45) is 2.43. The highest BCUT2D eigenvalue weighted by Crippen LogP contribution is 2.20. The van der Waals surface area contributed by atoms with E-state index in [1.165, 1.54) is 6.08 Å². The fourth-order valence-corrected chi connectivity index (χ4v) is 2.05. The Morgan fingerprint density at radius 2 is 1.80 bits per heavy atom. The third-order valence-corrected chi connectivity index (χ3v) is 3.13. The standard InChI is InChI=1S/C19H19NO5/c1-2-24-16-10-8-15(9-11-16)20-18(21)13-25-17-6-4-3-5-14(17)7-12-19(22)23/h3-12H,2,13H2,1H3,(H,20,21)(H,22,23). The molecule has 0 atom stereocenters. The molecule has 0 heterocycles. The number of nitrogens with one attached hydrogen (secondary N) is 1. The molecule has 0 spiro atoms. The number of aliphatic carboxylic acids is 1. The van der Waals surface area contributed by atoms with Crippen molar-refractivity contribution in [1.29, 1.82) is 0 Å². The molecule has 0 bridgehead atoms. The molecule has 0 aromatic heterocycles. The van der Waals surface area contributed by atoms with Crippen molar-refractivity contribution in [3.8, 4) is 11.5 Å². The molecule has 1 amide bonds. The van der Waals surface area contributed by atoms with Crippen LogP contribution in [0.1, 0.15) is 12.5 Å². The molecule has 0 aliphatic rings. The molecule has 0 saturated heterocycles. The quantitative estimate of drug-likeness (QED) is 0.720. The second-order valence-electron chi connectivity index (χ2n) is 5.00. The van der Waals surface area contributed by atoms with Crippen LogP contribution in [0.2, 0.25) is 0 Å². The van der Waals surface area contributed by atoms with Crippen LogP contribution in [0.4, 0.5) is 5.69 Å². The SMILES string of the molecule is CCOc1ccc(NC(=O)COc2ccccc2C=CC(=O)O)cc1. The van der Waals surface area contributed by atoms with Gasteiger partial charge in [-0.1, -0.05) is 18.2 Å². The van der Waals surface area contributed by atoms with E-state index in [1.807, 2.05) is 6.92 Å². The van der Waals surface area contributed by atoms with E-state index in [0.29, 0.717) is 23.6 Å². The highest BCUT2D eigenvalue weighted by atomic mass is 16.5. The Kier molecular flexibility index (Phi) is 6.59. The average molecular weight is 341 g/mol. The van der Waals surface area contributed by atoms with Crippen LogP contribution in [0.25, 0.3) is 6.08 Å². The number of amides is 1. The zero-order chi connectivity index (χ0) is 18.1. The third kappa shape index (κ3) is 6.02. The maximum absolute atomic E-state index is 12.0. The van der Waals surface area contributed by atoms with Crippen molar-refractivity contribution >= 4 is 23.6 Å². The largest absolute Gasteiger partial charge is 0.494 e. The number of carbonyl (C=O) groups is 2. The van der Waals surface area contributed by atoms with E-state index in [-0.39, 0.29) is 12.5 Å². The molecule has 6 heteroatoms. The number of rotatable bonds is 8. The number of hydrogen-bond acceptors (Lipinski definition) is 4. The minimum absolute atomic E-state index is 0.189. The van der Waals surface area contributed by atoms with Crippen molar-refractivity contribution in [1.82, 2.24) is 0 Å². The van der Waals surface area contributed by atoms with E-state index in [1.54, 1.807) is 48.5 Å². The smallest absolute Gasteiger partial charge is 0.328 e. The number of carbonyl (C=O) groups excluding carboxylic acids is 1. The Bertz CT molecular complexity index is 753. The molecule has 0 radical (unpaired) electrons. The lowest BCUT2D eigenvalue weighted by Crippen LogP contribution is -2.20. The molecule has 2 aromatic carbocycles. The van der Waals surface area contributed by atoms with Gasteiger partial charge in [0.15, 0.2) is 6.61 Å². The van der Waals surface area contributed by atoms with Crippen molar-refractivity contribution in [2.24, 2.45) is 0 Å². The van der Waals surface area contributed by atoms with Gasteiger partial charge in [0.2, 0.25) is 0 Å². The molecule has 25 heavy (non-hydrogen) atoms. The van der Waals surface area contributed by atoms with Crippen LogP contribution in [0.3, 0.4) is 0 Å². The number of benzene rings is 2. The number of carboxylic acids is 1. The Labute approximate surface area is 145 Å². The first-order valence-corrected chi connectivity index (χ1v) is 7.74. The summed E-state index contributed by atoms with van der Waals surface area (Å²) >= 11 is 0. The summed E-state index contributed by atoms with van der Waals surface area (Å²) < 4.78 is 10.8. The zero-order valence-corrected chi connectivity index (χ0v) is 13.8. The van der Waals surface area contributed by atoms with Crippen LogP contribution >= 0.6 is 0 Å². The number of ether oxygens (including phenoxy) is 2. The monoisotopic (exact) mass is 341 g/mol. The van der Waals surface area contributed by atoms with Crippen molar-refractivity contribution in [3.63, 3.8) is 0 Å². The molecule has 6 nitrogen and oxygen atoms in total. The fourth-order valence-electron chi connectivity index (χ4n) is 2.05. The van der Waals surface area contributed by atoms with Crippen LogP contribution in [-0.4, -0.2) is 30.2 Å². The van der Waals surface area contributed by atoms with E-state index in [2.05, 4.69) is 5.32 Å². The van der Waals surface area contributed by atoms with Gasteiger partial charge in [-0.05, 0) is 43.3 Å². The Hall–Kier alpha value is -3.28. The van der Waals surface area contributed by atoms with Crippen molar-refractivity contribution in [2.45, 2.75) is 6.92 Å². The van der Waals surface area contributed by atoms with Gasteiger partial charge in [0.1, 0.15) is 11.5 Å². The van der Waals surface area contributed by atoms with Crippen molar-refractivity contribution < 1.29 is 24.2 Å². The van der Waals surface area contributed by atoms with E-state index >= 15 is 0 Å². The first-order chi connectivity index (χ1) is 12.1. The summed E-state index contributed by atoms with van der Waals surface area (Å²) in [4.78, 5) is 22.6. The molecule has 0 aliphatic heterocycles. The molecular weight excluding hydrogens is 322 g/mol. The first kappa shape index (κ1) is 18.1. The molecule has 2 aromatic rings. The summed E-state index contributed by atoms with van der Waals surface area (Å²) in [7, 11) is 0. The van der Waals surface area contributed by atoms with E-state index in [9.17, 15) is 9.59 Å². The summed E-state index contributed by atoms with van der Waals surface area (Å²) in [5.74, 6) is -0.207. The molecule has 2 rings (SSSR count). The number of carboxylic acid groups (broad SMARTS) is 1. The van der Waals surface area contributed by atoms with Gasteiger partial charge in [-0.15, -0.1) is 0 Å². The van der Waals surface area contributed by atoms with Gasteiger partial charge < -0.3 is 19.9 Å². The molecule has 2 N–H and O–H groups in total. The highest BCUT2D eigenvalue weighted by molar-refractivity contribution is 5.92. The normalized spacial score (nSPS) is 10.4. The van der Waals surface area contributed by atoms with Gasteiger partial charge in [-0.3, -0.25) is 4.79 Å². The van der Waals surface area contributed by atoms with Gasteiger partial charge in [0, 0.05) is 17.3 Å². The number of hydrogen-bond donors (Lipinski definition) is 2. The van der Waals surface area contributed by atoms with Crippen LogP contribution in [0.15, 0.2) is 54.6 Å². The Balaban J connectivity index is 1.92. The van der Waals surface area contributed by atoms with Crippen LogP contribution in [-0.2, 0) is 9.59 Å². The Morgan fingerprint density at radius 3 is 2.48 bits per heavy atom. The van der Waals surface area contributed by atoms with E-state index in [0.717, 1.165) is 11.8 Å². The summed E-state index contributed by atoms with van der Waals surface area (Å²) in [5.41, 5.74) is 1.22. The molecule has 130 valence electrons. The molecule has 0 fully saturated rings. The van der Waals surface area contributed by atoms with Gasteiger partial charge in [-0.2, -0.15) is 0 Å². The van der Waals surface area contributed by atoms with Crippen LogP contribution in [0.5, 0.6) is 11.5 Å². The third-order valence-electron chi connectivity index (χ3n) is 3.13. The Morgan fingerprint density at radius 1 is 1.08 bits per heavy atom. The summed E-state index contributed by atoms with van der Waals surface area (Å²) in [6, 6.07) is 13.9. The average Bonchev–Trinajstić information content (AvgIpc) is 2.61. The molecule has 0 aliphatic carbocycles. The van der Waals surface area contributed by atoms with E-state index in [4.69, 9.17) is 14.6 Å². The molecular formula is C19H19NO5. The van der Waals surface area contributed by atoms with Crippen LogP contribution < -0.4 is 14.8 Å². The lowest BCUT2D eigenvalue weighted by molar-refractivity contribution is -0.131. The topological polar surface area (TPSA) is 84.9 Å². The van der Waals surface area contributed by atoms with Crippen molar-refractivity contribution in [3.05, 3.63) is 60.2 Å². The zero-order valence-electron chi connectivity index (χ0n) is 13.8. The van der Waals surface area contributed by atoms with Crippen LogP contribution in [0, 0.1) is 0 Å². The molecule has 0 unspecified atom stereocenters. The lowest BCUT2D eigenvalue weighted by Gasteiger charge is -2.10. The fraction of sp³-hybridized carbons (Fsp3) is 0.158. The van der Waals surface area contributed by atoms with Gasteiger partial charge in [0.25, 0.3) is 5.91 Å². The van der Waals surface area contributed by atoms with Gasteiger partial charge in [0.05, 0.1) is 6.61 Å². The first-order valence-electron chi connectivity index (χ1n) is 7.74. The number of para-hydroxylation sites is 1. The maximum atomic E-state index is 12.0. The summed E-state index contributed by atoms with van der Waals surface area (Å²) in [5, 5.41) is 11.4. The minimum atomic E-state index is -1.05. The van der Waals surface area contributed by atoms with Crippen molar-refractivity contribution in [2.75, 3.05) is 18.5 Å². The lowest BCUT2D eigenvalue weighted by atomic mass is 10.2. The minimum Gasteiger partial charge on any atom is -0.494 e. The highest BCUT2D eigenvalue weighted by Gasteiger charge is 2.06. The van der Waals surface area contributed by atoms with Gasteiger partial charge >= 0.3 is 5.97 Å². The molecule has 0 saturated carbocycles. The predicted molar refractivity (Wildman–Crippen MR) is 94.8 cm³/mol. The number of anilines is 1. The second kappa shape index (κ2) is 9.12. The second-order valence-corrected chi connectivity index (χ2v) is 5.00. The summed E-state index contributed by atoms with van der Waals surface area (Å²) in [6.45, 7) is 2.29. The van der Waals surface area contributed by atoms with E-state index < -0.39 is 5.97 Å². The maximum Gasteiger partial charge on any atom is 0.328 e. The van der Waals surface area contributed by atoms with Gasteiger partial charge in [-0.25, -0.2) is 4.79 Å². The predicted octanol–water partition coefficient (Wildman–Crippen LogP) is 3.20.